The Labute approximate surface area is 196 Å². The number of aromatic nitrogens is 1. The van der Waals surface area contributed by atoms with E-state index in [0.29, 0.717) is 18.0 Å². The third-order valence-electron chi connectivity index (χ3n) is 7.39. The van der Waals surface area contributed by atoms with E-state index in [-0.39, 0.29) is 23.3 Å². The molecule has 0 spiro atoms. The smallest absolute Gasteiger partial charge is 0.306 e. The zero-order valence-electron chi connectivity index (χ0n) is 19.8. The van der Waals surface area contributed by atoms with E-state index < -0.39 is 0 Å². The van der Waals surface area contributed by atoms with Crippen molar-refractivity contribution in [3.8, 4) is 0 Å². The molecule has 4 rings (SSSR count). The molecule has 33 heavy (non-hydrogen) atoms. The van der Waals surface area contributed by atoms with Gasteiger partial charge < -0.3 is 14.1 Å². The highest BCUT2D eigenvalue weighted by molar-refractivity contribution is 6.04. The molecular formula is C26H35N3O4. The van der Waals surface area contributed by atoms with Crippen LogP contribution >= 0.6 is 0 Å². The van der Waals surface area contributed by atoms with Gasteiger partial charge in [-0.25, -0.2) is 4.98 Å². The maximum Gasteiger partial charge on any atom is 0.306 e. The molecule has 0 radical (unpaired) electrons. The lowest BCUT2D eigenvalue weighted by molar-refractivity contribution is -0.143. The minimum atomic E-state index is -0.141. The van der Waals surface area contributed by atoms with Gasteiger partial charge in [0.25, 0.3) is 5.91 Å². The van der Waals surface area contributed by atoms with E-state index in [2.05, 4.69) is 9.88 Å². The fraction of sp³-hybridized carbons (Fsp3) is 0.577. The molecule has 2 fully saturated rings. The molecule has 7 nitrogen and oxygen atoms in total. The molecule has 0 aromatic carbocycles. The number of amides is 1. The lowest BCUT2D eigenvalue weighted by Gasteiger charge is -2.39. The first-order chi connectivity index (χ1) is 16.0. The number of ether oxygens (including phenoxy) is 1. The Bertz CT molecular complexity index is 912. The van der Waals surface area contributed by atoms with E-state index in [1.807, 2.05) is 24.0 Å². The van der Waals surface area contributed by atoms with E-state index in [1.165, 1.54) is 26.2 Å². The van der Waals surface area contributed by atoms with Crippen LogP contribution in [0.3, 0.4) is 0 Å². The first-order valence-corrected chi connectivity index (χ1v) is 12.1. The SMILES string of the molecule is COC(=O)CC1(CCN2CCC(N(C(=O)c3ccco3)c3ccc(C)cn3)CC2)CCCC1. The van der Waals surface area contributed by atoms with Crippen LogP contribution in [0.1, 0.15) is 67.5 Å². The highest BCUT2D eigenvalue weighted by atomic mass is 16.5. The van der Waals surface area contributed by atoms with E-state index in [1.54, 1.807) is 18.3 Å². The first-order valence-electron chi connectivity index (χ1n) is 12.1. The molecule has 2 aliphatic rings. The zero-order chi connectivity index (χ0) is 23.3. The summed E-state index contributed by atoms with van der Waals surface area (Å²) in [5.41, 5.74) is 1.16. The first kappa shape index (κ1) is 23.5. The highest BCUT2D eigenvalue weighted by Crippen LogP contribution is 2.44. The Morgan fingerprint density at radius 2 is 1.97 bits per heavy atom. The van der Waals surface area contributed by atoms with Crippen molar-refractivity contribution in [2.45, 2.75) is 64.3 Å². The number of methoxy groups -OCH3 is 1. The van der Waals surface area contributed by atoms with Crippen molar-refractivity contribution in [1.82, 2.24) is 9.88 Å². The van der Waals surface area contributed by atoms with Gasteiger partial charge in [0.05, 0.1) is 19.8 Å². The van der Waals surface area contributed by atoms with Crippen molar-refractivity contribution >= 4 is 17.7 Å². The van der Waals surface area contributed by atoms with Crippen LogP contribution in [-0.2, 0) is 9.53 Å². The number of rotatable bonds is 8. The van der Waals surface area contributed by atoms with Gasteiger partial charge in [0.15, 0.2) is 5.76 Å². The predicted molar refractivity (Wildman–Crippen MR) is 126 cm³/mol. The summed E-state index contributed by atoms with van der Waals surface area (Å²) in [6, 6.07) is 7.43. The van der Waals surface area contributed by atoms with E-state index in [4.69, 9.17) is 9.15 Å². The van der Waals surface area contributed by atoms with Gasteiger partial charge in [-0.05, 0) is 74.8 Å². The van der Waals surface area contributed by atoms with E-state index >= 15 is 0 Å². The normalized spacial score (nSPS) is 18.8. The fourth-order valence-electron chi connectivity index (χ4n) is 5.39. The summed E-state index contributed by atoms with van der Waals surface area (Å²) in [4.78, 5) is 34.1. The lowest BCUT2D eigenvalue weighted by atomic mass is 9.79. The third kappa shape index (κ3) is 5.64. The number of likely N-dealkylation sites (tertiary alicyclic amines) is 1. The molecule has 2 aromatic rings. The second kappa shape index (κ2) is 10.5. The summed E-state index contributed by atoms with van der Waals surface area (Å²) in [5.74, 6) is 0.778. The number of esters is 1. The summed E-state index contributed by atoms with van der Waals surface area (Å²) >= 11 is 0. The van der Waals surface area contributed by atoms with Crippen molar-refractivity contribution < 1.29 is 18.7 Å². The monoisotopic (exact) mass is 453 g/mol. The molecule has 1 saturated heterocycles. The second-order valence-electron chi connectivity index (χ2n) is 9.63. The van der Waals surface area contributed by atoms with Crippen LogP contribution in [-0.4, -0.2) is 54.5 Å². The van der Waals surface area contributed by atoms with Crippen LogP contribution in [0.15, 0.2) is 41.1 Å². The fourth-order valence-corrected chi connectivity index (χ4v) is 5.39. The van der Waals surface area contributed by atoms with Crippen LogP contribution in [0.5, 0.6) is 0 Å². The summed E-state index contributed by atoms with van der Waals surface area (Å²) in [7, 11) is 1.48. The Kier molecular flexibility index (Phi) is 7.48. The van der Waals surface area contributed by atoms with Crippen molar-refractivity contribution in [3.05, 3.63) is 48.0 Å². The maximum absolute atomic E-state index is 13.3. The van der Waals surface area contributed by atoms with E-state index in [9.17, 15) is 9.59 Å². The molecule has 1 aliphatic carbocycles. The van der Waals surface area contributed by atoms with Gasteiger partial charge in [-0.2, -0.15) is 0 Å². The molecule has 1 amide bonds. The Morgan fingerprint density at radius 1 is 1.21 bits per heavy atom. The molecule has 0 unspecified atom stereocenters. The summed E-state index contributed by atoms with van der Waals surface area (Å²) in [6.45, 7) is 4.82. The molecule has 1 aliphatic heterocycles. The second-order valence-corrected chi connectivity index (χ2v) is 9.63. The number of aryl methyl sites for hydroxylation is 1. The number of pyridine rings is 1. The number of anilines is 1. The molecule has 0 N–H and O–H groups in total. The van der Waals surface area contributed by atoms with Gasteiger partial charge in [0, 0.05) is 25.3 Å². The number of hydrogen-bond donors (Lipinski definition) is 0. The zero-order valence-corrected chi connectivity index (χ0v) is 19.8. The number of carbonyl (C=O) groups is 2. The quantitative estimate of drug-likeness (QED) is 0.544. The molecule has 2 aromatic heterocycles. The van der Waals surface area contributed by atoms with Gasteiger partial charge in [0.1, 0.15) is 5.82 Å². The van der Waals surface area contributed by atoms with Crippen molar-refractivity contribution in [3.63, 3.8) is 0 Å². The standard InChI is InChI=1S/C26H35N3O4/c1-20-7-8-23(27-19-20)29(25(31)22-6-5-17-33-22)21-9-14-28(15-10-21)16-13-26(11-3-4-12-26)18-24(30)32-2/h5-8,17,19,21H,3-4,9-16,18H2,1-2H3. The molecular weight excluding hydrogens is 418 g/mol. The average Bonchev–Trinajstić information content (AvgIpc) is 3.53. The van der Waals surface area contributed by atoms with Crippen LogP contribution < -0.4 is 4.90 Å². The van der Waals surface area contributed by atoms with Crippen LogP contribution in [0.25, 0.3) is 0 Å². The minimum Gasteiger partial charge on any atom is -0.469 e. The molecule has 0 bridgehead atoms. The molecule has 178 valence electrons. The number of furan rings is 1. The summed E-state index contributed by atoms with van der Waals surface area (Å²) in [5, 5.41) is 0. The summed E-state index contributed by atoms with van der Waals surface area (Å²) in [6.07, 6.45) is 11.3. The molecule has 0 atom stereocenters. The number of hydrogen-bond acceptors (Lipinski definition) is 6. The topological polar surface area (TPSA) is 75.9 Å². The maximum atomic E-state index is 13.3. The lowest BCUT2D eigenvalue weighted by Crippen LogP contribution is -2.48. The van der Waals surface area contributed by atoms with Crippen molar-refractivity contribution in [2.24, 2.45) is 5.41 Å². The van der Waals surface area contributed by atoms with Gasteiger partial charge in [0.2, 0.25) is 0 Å². The molecule has 3 heterocycles. The third-order valence-corrected chi connectivity index (χ3v) is 7.39. The average molecular weight is 454 g/mol. The highest BCUT2D eigenvalue weighted by Gasteiger charge is 2.37. The minimum absolute atomic E-state index is 0.0737. The number of carbonyl (C=O) groups excluding carboxylic acids is 2. The van der Waals surface area contributed by atoms with Crippen LogP contribution in [0.2, 0.25) is 0 Å². The number of nitrogens with zero attached hydrogens (tertiary/aromatic N) is 3. The number of piperidine rings is 1. The van der Waals surface area contributed by atoms with E-state index in [0.717, 1.165) is 57.3 Å². The molecule has 1 saturated carbocycles. The predicted octanol–water partition coefficient (Wildman–Crippen LogP) is 4.61. The van der Waals surface area contributed by atoms with Gasteiger partial charge in [-0.1, -0.05) is 18.9 Å². The van der Waals surface area contributed by atoms with Crippen molar-refractivity contribution in [2.75, 3.05) is 31.6 Å². The largest absolute Gasteiger partial charge is 0.469 e. The van der Waals surface area contributed by atoms with Crippen LogP contribution in [0, 0.1) is 12.3 Å². The Morgan fingerprint density at radius 3 is 2.58 bits per heavy atom. The van der Waals surface area contributed by atoms with Gasteiger partial charge in [-0.3, -0.25) is 14.5 Å². The van der Waals surface area contributed by atoms with Crippen LogP contribution in [0.4, 0.5) is 5.82 Å². The summed E-state index contributed by atoms with van der Waals surface area (Å²) < 4.78 is 10.4. The Hall–Kier alpha value is -2.67. The van der Waals surface area contributed by atoms with Gasteiger partial charge >= 0.3 is 5.97 Å². The molecule has 7 heteroatoms. The van der Waals surface area contributed by atoms with Gasteiger partial charge in [-0.15, -0.1) is 0 Å². The van der Waals surface area contributed by atoms with Crippen molar-refractivity contribution in [1.29, 1.82) is 0 Å². The Balaban J connectivity index is 1.39.